The maximum Gasteiger partial charge on any atom is 0.196 e. The SMILES string of the molecule is NCc1nc(N2CC(CN)C2)c2oc3ccc(Cl)cc3c2n1. The minimum absolute atomic E-state index is 0.282. The molecule has 1 saturated heterocycles. The largest absolute Gasteiger partial charge is 0.450 e. The average molecular weight is 318 g/mol. The van der Waals surface area contributed by atoms with Gasteiger partial charge in [-0.25, -0.2) is 9.97 Å². The van der Waals surface area contributed by atoms with Gasteiger partial charge in [-0.05, 0) is 24.7 Å². The first-order chi connectivity index (χ1) is 10.7. The third-order valence-electron chi connectivity index (χ3n) is 4.08. The van der Waals surface area contributed by atoms with Crippen molar-refractivity contribution in [3.8, 4) is 0 Å². The van der Waals surface area contributed by atoms with Gasteiger partial charge in [0.2, 0.25) is 0 Å². The van der Waals surface area contributed by atoms with E-state index in [2.05, 4.69) is 14.9 Å². The average Bonchev–Trinajstić information content (AvgIpc) is 2.84. The molecule has 0 amide bonds. The van der Waals surface area contributed by atoms with Crippen molar-refractivity contribution in [1.82, 2.24) is 9.97 Å². The molecule has 6 nitrogen and oxygen atoms in total. The van der Waals surface area contributed by atoms with E-state index in [1.165, 1.54) is 0 Å². The summed E-state index contributed by atoms with van der Waals surface area (Å²) in [6.07, 6.45) is 0. The number of benzene rings is 1. The smallest absolute Gasteiger partial charge is 0.196 e. The van der Waals surface area contributed by atoms with E-state index in [4.69, 9.17) is 27.5 Å². The number of halogens is 1. The molecular weight excluding hydrogens is 302 g/mol. The third kappa shape index (κ3) is 2.03. The van der Waals surface area contributed by atoms with Crippen molar-refractivity contribution < 1.29 is 4.42 Å². The second kappa shape index (κ2) is 5.08. The molecule has 0 atom stereocenters. The fraction of sp³-hybridized carbons (Fsp3) is 0.333. The van der Waals surface area contributed by atoms with E-state index >= 15 is 0 Å². The third-order valence-corrected chi connectivity index (χ3v) is 4.31. The lowest BCUT2D eigenvalue weighted by Gasteiger charge is -2.39. The van der Waals surface area contributed by atoms with E-state index in [1.807, 2.05) is 12.1 Å². The summed E-state index contributed by atoms with van der Waals surface area (Å²) in [7, 11) is 0. The Hall–Kier alpha value is -1.89. The van der Waals surface area contributed by atoms with Crippen LogP contribution < -0.4 is 16.4 Å². The number of hydrogen-bond acceptors (Lipinski definition) is 6. The number of rotatable bonds is 3. The van der Waals surface area contributed by atoms with Crippen LogP contribution in [0, 0.1) is 5.92 Å². The molecule has 0 unspecified atom stereocenters. The molecule has 1 aromatic carbocycles. The van der Waals surface area contributed by atoms with Crippen LogP contribution in [-0.4, -0.2) is 29.6 Å². The molecule has 0 aliphatic carbocycles. The van der Waals surface area contributed by atoms with Crippen LogP contribution in [0.15, 0.2) is 22.6 Å². The van der Waals surface area contributed by atoms with Crippen LogP contribution in [0.4, 0.5) is 5.82 Å². The van der Waals surface area contributed by atoms with Gasteiger partial charge in [-0.3, -0.25) is 0 Å². The standard InChI is InChI=1S/C15H16ClN5O/c16-9-1-2-11-10(3-9)13-14(22-11)15(20-12(5-18)19-13)21-6-8(4-17)7-21/h1-3,8H,4-7,17-18H2. The summed E-state index contributed by atoms with van der Waals surface area (Å²) >= 11 is 6.09. The fourth-order valence-electron chi connectivity index (χ4n) is 2.84. The van der Waals surface area contributed by atoms with Gasteiger partial charge in [0.1, 0.15) is 16.9 Å². The van der Waals surface area contributed by atoms with Crippen molar-refractivity contribution in [1.29, 1.82) is 0 Å². The number of fused-ring (bicyclic) bond motifs is 3. The van der Waals surface area contributed by atoms with Gasteiger partial charge in [0.25, 0.3) is 0 Å². The predicted molar refractivity (Wildman–Crippen MR) is 87.0 cm³/mol. The summed E-state index contributed by atoms with van der Waals surface area (Å²) < 4.78 is 5.97. The van der Waals surface area contributed by atoms with Crippen molar-refractivity contribution in [2.24, 2.45) is 17.4 Å². The van der Waals surface area contributed by atoms with Crippen molar-refractivity contribution in [2.45, 2.75) is 6.54 Å². The molecule has 1 aliphatic rings. The molecule has 1 aliphatic heterocycles. The van der Waals surface area contributed by atoms with Gasteiger partial charge in [-0.15, -0.1) is 0 Å². The van der Waals surface area contributed by atoms with Crippen molar-refractivity contribution in [3.05, 3.63) is 29.0 Å². The van der Waals surface area contributed by atoms with Crippen LogP contribution in [0.3, 0.4) is 0 Å². The zero-order valence-electron chi connectivity index (χ0n) is 11.9. The molecule has 7 heteroatoms. The van der Waals surface area contributed by atoms with Crippen LogP contribution >= 0.6 is 11.6 Å². The Balaban J connectivity index is 1.93. The second-order valence-electron chi connectivity index (χ2n) is 5.59. The van der Waals surface area contributed by atoms with Gasteiger partial charge in [0.05, 0.1) is 6.54 Å². The lowest BCUT2D eigenvalue weighted by Crippen LogP contribution is -2.50. The molecule has 0 radical (unpaired) electrons. The second-order valence-corrected chi connectivity index (χ2v) is 6.03. The number of nitrogens with two attached hydrogens (primary N) is 2. The van der Waals surface area contributed by atoms with Gasteiger partial charge in [0.15, 0.2) is 11.4 Å². The van der Waals surface area contributed by atoms with Gasteiger partial charge < -0.3 is 20.8 Å². The van der Waals surface area contributed by atoms with Crippen LogP contribution in [0.25, 0.3) is 22.1 Å². The molecule has 4 rings (SSSR count). The zero-order valence-corrected chi connectivity index (χ0v) is 12.7. The normalized spacial score (nSPS) is 15.7. The predicted octanol–water partition coefficient (Wildman–Crippen LogP) is 1.88. The van der Waals surface area contributed by atoms with Crippen molar-refractivity contribution in [2.75, 3.05) is 24.5 Å². The highest BCUT2D eigenvalue weighted by atomic mass is 35.5. The van der Waals surface area contributed by atoms with E-state index in [0.717, 1.165) is 35.4 Å². The molecule has 1 fully saturated rings. The van der Waals surface area contributed by atoms with Crippen LogP contribution in [-0.2, 0) is 6.54 Å². The van der Waals surface area contributed by atoms with E-state index < -0.39 is 0 Å². The van der Waals surface area contributed by atoms with Crippen LogP contribution in [0.5, 0.6) is 0 Å². The molecule has 3 heterocycles. The topological polar surface area (TPSA) is 94.2 Å². The minimum atomic E-state index is 0.282. The molecule has 114 valence electrons. The van der Waals surface area contributed by atoms with Gasteiger partial charge in [-0.1, -0.05) is 11.6 Å². The molecule has 2 aromatic heterocycles. The number of nitrogens with zero attached hydrogens (tertiary/aromatic N) is 3. The number of hydrogen-bond donors (Lipinski definition) is 2. The zero-order chi connectivity index (χ0) is 15.3. The Bertz CT molecular complexity index is 856. The number of aromatic nitrogens is 2. The first kappa shape index (κ1) is 13.8. The highest BCUT2D eigenvalue weighted by Gasteiger charge is 2.30. The Kier molecular flexibility index (Phi) is 3.18. The Labute approximate surface area is 132 Å². The number of furan rings is 1. The Morgan fingerprint density at radius 2 is 2.09 bits per heavy atom. The van der Waals surface area contributed by atoms with E-state index in [0.29, 0.717) is 28.9 Å². The monoisotopic (exact) mass is 317 g/mol. The maximum absolute atomic E-state index is 6.09. The van der Waals surface area contributed by atoms with Gasteiger partial charge >= 0.3 is 0 Å². The maximum atomic E-state index is 6.09. The summed E-state index contributed by atoms with van der Waals surface area (Å²) in [4.78, 5) is 11.2. The van der Waals surface area contributed by atoms with Crippen LogP contribution in [0.2, 0.25) is 5.02 Å². The molecule has 0 bridgehead atoms. The van der Waals surface area contributed by atoms with Gasteiger partial charge in [0, 0.05) is 29.4 Å². The molecule has 3 aromatic rings. The van der Waals surface area contributed by atoms with Crippen molar-refractivity contribution in [3.63, 3.8) is 0 Å². The lowest BCUT2D eigenvalue weighted by atomic mass is 10.0. The minimum Gasteiger partial charge on any atom is -0.450 e. The summed E-state index contributed by atoms with van der Waals surface area (Å²) in [6, 6.07) is 5.51. The lowest BCUT2D eigenvalue weighted by molar-refractivity contribution is 0.416. The summed E-state index contributed by atoms with van der Waals surface area (Å²) in [5.41, 5.74) is 13.6. The first-order valence-electron chi connectivity index (χ1n) is 7.23. The molecule has 0 saturated carbocycles. The quantitative estimate of drug-likeness (QED) is 0.766. The van der Waals surface area contributed by atoms with E-state index in [-0.39, 0.29) is 6.54 Å². The molecular formula is C15H16ClN5O. The Morgan fingerprint density at radius 1 is 1.27 bits per heavy atom. The van der Waals surface area contributed by atoms with E-state index in [1.54, 1.807) is 6.07 Å². The molecule has 4 N–H and O–H groups in total. The first-order valence-corrected chi connectivity index (χ1v) is 7.61. The summed E-state index contributed by atoms with van der Waals surface area (Å²) in [5, 5.41) is 1.54. The molecule has 22 heavy (non-hydrogen) atoms. The summed E-state index contributed by atoms with van der Waals surface area (Å²) in [5.74, 6) is 1.90. The van der Waals surface area contributed by atoms with Crippen molar-refractivity contribution >= 4 is 39.5 Å². The Morgan fingerprint density at radius 3 is 2.82 bits per heavy atom. The molecule has 0 spiro atoms. The van der Waals surface area contributed by atoms with Gasteiger partial charge in [-0.2, -0.15) is 0 Å². The highest BCUT2D eigenvalue weighted by Crippen LogP contribution is 2.36. The fourth-order valence-corrected chi connectivity index (χ4v) is 3.02. The number of anilines is 1. The summed E-state index contributed by atoms with van der Waals surface area (Å²) in [6.45, 7) is 2.73. The highest BCUT2D eigenvalue weighted by molar-refractivity contribution is 6.31. The van der Waals surface area contributed by atoms with E-state index in [9.17, 15) is 0 Å². The van der Waals surface area contributed by atoms with Crippen LogP contribution in [0.1, 0.15) is 5.82 Å².